The van der Waals surface area contributed by atoms with Crippen molar-refractivity contribution in [3.63, 3.8) is 0 Å². The van der Waals surface area contributed by atoms with Crippen molar-refractivity contribution in [1.82, 2.24) is 9.97 Å². The normalized spacial score (nSPS) is 10.1. The van der Waals surface area contributed by atoms with Crippen molar-refractivity contribution < 1.29 is 14.6 Å². The Morgan fingerprint density at radius 1 is 1.33 bits per heavy atom. The molecule has 1 aromatic heterocycles. The summed E-state index contributed by atoms with van der Waals surface area (Å²) in [6.45, 7) is 1.94. The van der Waals surface area contributed by atoms with E-state index in [4.69, 9.17) is 9.84 Å². The summed E-state index contributed by atoms with van der Waals surface area (Å²) in [5.41, 5.74) is 0.844. The van der Waals surface area contributed by atoms with Crippen LogP contribution in [0.25, 0.3) is 0 Å². The van der Waals surface area contributed by atoms with Gasteiger partial charge in [-0.1, -0.05) is 6.07 Å². The lowest BCUT2D eigenvalue weighted by atomic mass is 10.2. The first kappa shape index (κ1) is 12.5. The highest BCUT2D eigenvalue weighted by atomic mass is 79.9. The molecule has 0 aliphatic rings. The second-order valence-corrected chi connectivity index (χ2v) is 4.41. The maximum atomic E-state index is 11.0. The number of carboxylic acid groups (broad SMARTS) is 1. The summed E-state index contributed by atoms with van der Waals surface area (Å²) in [5, 5.41) is 8.96. The van der Waals surface area contributed by atoms with Crippen LogP contribution in [-0.4, -0.2) is 21.0 Å². The molecule has 0 radical (unpaired) electrons. The van der Waals surface area contributed by atoms with Crippen molar-refractivity contribution in [3.05, 3.63) is 46.3 Å². The Labute approximate surface area is 112 Å². The molecule has 0 amide bonds. The van der Waals surface area contributed by atoms with E-state index in [1.54, 1.807) is 6.07 Å². The Morgan fingerprint density at radius 3 is 2.72 bits per heavy atom. The van der Waals surface area contributed by atoms with E-state index >= 15 is 0 Å². The summed E-state index contributed by atoms with van der Waals surface area (Å²) in [4.78, 5) is 18.5. The highest BCUT2D eigenvalue weighted by molar-refractivity contribution is 9.10. The standard InChI is InChI=1S/C12H9BrN2O3/c1-7-2-3-9(8(13)6-7)18-11-10(12(16)17)14-4-5-15-11/h2-6H,1H3,(H,16,17). The molecule has 2 rings (SSSR count). The topological polar surface area (TPSA) is 72.3 Å². The van der Waals surface area contributed by atoms with Crippen molar-refractivity contribution in [2.24, 2.45) is 0 Å². The molecule has 0 spiro atoms. The molecule has 0 fully saturated rings. The van der Waals surface area contributed by atoms with Crippen molar-refractivity contribution in [3.8, 4) is 11.6 Å². The minimum Gasteiger partial charge on any atom is -0.476 e. The maximum Gasteiger partial charge on any atom is 0.360 e. The molecule has 1 N–H and O–H groups in total. The summed E-state index contributed by atoms with van der Waals surface area (Å²) >= 11 is 3.35. The van der Waals surface area contributed by atoms with Gasteiger partial charge < -0.3 is 9.84 Å². The fourth-order valence-corrected chi connectivity index (χ4v) is 1.91. The molecule has 0 aliphatic heterocycles. The molecule has 2 aromatic rings. The van der Waals surface area contributed by atoms with Crippen LogP contribution in [-0.2, 0) is 0 Å². The maximum absolute atomic E-state index is 11.0. The molecule has 5 nitrogen and oxygen atoms in total. The van der Waals surface area contributed by atoms with E-state index in [1.807, 2.05) is 19.1 Å². The Morgan fingerprint density at radius 2 is 2.06 bits per heavy atom. The molecule has 1 aromatic carbocycles. The quantitative estimate of drug-likeness (QED) is 0.943. The number of ether oxygens (including phenoxy) is 1. The number of aromatic carboxylic acids is 1. The van der Waals surface area contributed by atoms with E-state index in [0.29, 0.717) is 5.75 Å². The number of aryl methyl sites for hydroxylation is 1. The molecule has 92 valence electrons. The van der Waals surface area contributed by atoms with Gasteiger partial charge >= 0.3 is 5.97 Å². The Balaban J connectivity index is 2.37. The first-order chi connectivity index (χ1) is 8.58. The van der Waals surface area contributed by atoms with Gasteiger partial charge in [-0.25, -0.2) is 14.8 Å². The van der Waals surface area contributed by atoms with Crippen LogP contribution in [0.3, 0.4) is 0 Å². The average Bonchev–Trinajstić information content (AvgIpc) is 2.33. The monoisotopic (exact) mass is 308 g/mol. The third-order valence-electron chi connectivity index (χ3n) is 2.16. The van der Waals surface area contributed by atoms with Gasteiger partial charge in [0, 0.05) is 12.4 Å². The number of hydrogen-bond donors (Lipinski definition) is 1. The molecule has 0 unspecified atom stereocenters. The number of carbonyl (C=O) groups is 1. The van der Waals surface area contributed by atoms with Gasteiger partial charge in [0.05, 0.1) is 4.47 Å². The Bertz CT molecular complexity index is 602. The smallest absolute Gasteiger partial charge is 0.360 e. The third-order valence-corrected chi connectivity index (χ3v) is 2.78. The van der Waals surface area contributed by atoms with Crippen LogP contribution in [0.1, 0.15) is 16.1 Å². The number of rotatable bonds is 3. The van der Waals surface area contributed by atoms with E-state index < -0.39 is 5.97 Å². The Kier molecular flexibility index (Phi) is 3.57. The fraction of sp³-hybridized carbons (Fsp3) is 0.0833. The second kappa shape index (κ2) is 5.14. The van der Waals surface area contributed by atoms with Crippen LogP contribution in [0, 0.1) is 6.92 Å². The zero-order valence-corrected chi connectivity index (χ0v) is 11.0. The zero-order chi connectivity index (χ0) is 13.1. The number of halogens is 1. The molecule has 0 saturated carbocycles. The minimum atomic E-state index is -1.18. The predicted octanol–water partition coefficient (Wildman–Crippen LogP) is 3.04. The van der Waals surface area contributed by atoms with Gasteiger partial charge in [-0.3, -0.25) is 0 Å². The van der Waals surface area contributed by atoms with Gasteiger partial charge in [-0.15, -0.1) is 0 Å². The number of nitrogens with zero attached hydrogens (tertiary/aromatic N) is 2. The molecule has 1 heterocycles. The summed E-state index contributed by atoms with van der Waals surface area (Å²) in [5.74, 6) is -0.723. The van der Waals surface area contributed by atoms with E-state index in [-0.39, 0.29) is 11.6 Å². The molecular weight excluding hydrogens is 300 g/mol. The van der Waals surface area contributed by atoms with E-state index in [2.05, 4.69) is 25.9 Å². The lowest BCUT2D eigenvalue weighted by Crippen LogP contribution is -2.04. The van der Waals surface area contributed by atoms with Gasteiger partial charge in [0.15, 0.2) is 0 Å². The second-order valence-electron chi connectivity index (χ2n) is 3.55. The highest BCUT2D eigenvalue weighted by Crippen LogP contribution is 2.30. The molecule has 0 atom stereocenters. The SMILES string of the molecule is Cc1ccc(Oc2nccnc2C(=O)O)c(Br)c1. The summed E-state index contributed by atoms with van der Waals surface area (Å²) in [7, 11) is 0. The summed E-state index contributed by atoms with van der Waals surface area (Å²) < 4.78 is 6.18. The van der Waals surface area contributed by atoms with Gasteiger partial charge in [-0.05, 0) is 40.5 Å². The first-order valence-electron chi connectivity index (χ1n) is 5.06. The van der Waals surface area contributed by atoms with Crippen LogP contribution in [0.4, 0.5) is 0 Å². The predicted molar refractivity (Wildman–Crippen MR) is 67.9 cm³/mol. The van der Waals surface area contributed by atoms with Crippen LogP contribution < -0.4 is 4.74 Å². The van der Waals surface area contributed by atoms with E-state index in [9.17, 15) is 4.79 Å². The number of hydrogen-bond acceptors (Lipinski definition) is 4. The van der Waals surface area contributed by atoms with Crippen molar-refractivity contribution in [2.75, 3.05) is 0 Å². The molecule has 6 heteroatoms. The van der Waals surface area contributed by atoms with Crippen LogP contribution >= 0.6 is 15.9 Å². The summed E-state index contributed by atoms with van der Waals surface area (Å²) in [6.07, 6.45) is 2.68. The molecular formula is C12H9BrN2O3. The van der Waals surface area contributed by atoms with Gasteiger partial charge in [-0.2, -0.15) is 0 Å². The lowest BCUT2D eigenvalue weighted by Gasteiger charge is -2.08. The molecule has 0 bridgehead atoms. The van der Waals surface area contributed by atoms with Crippen LogP contribution in [0.2, 0.25) is 0 Å². The lowest BCUT2D eigenvalue weighted by molar-refractivity contribution is 0.0686. The average molecular weight is 309 g/mol. The third kappa shape index (κ3) is 2.65. The van der Waals surface area contributed by atoms with Crippen LogP contribution in [0.5, 0.6) is 11.6 Å². The van der Waals surface area contributed by atoms with E-state index in [1.165, 1.54) is 12.4 Å². The zero-order valence-electron chi connectivity index (χ0n) is 9.42. The van der Waals surface area contributed by atoms with E-state index in [0.717, 1.165) is 10.0 Å². The largest absolute Gasteiger partial charge is 0.476 e. The molecule has 0 saturated heterocycles. The highest BCUT2D eigenvalue weighted by Gasteiger charge is 2.15. The number of aromatic nitrogens is 2. The Hall–Kier alpha value is -1.95. The number of benzene rings is 1. The number of carboxylic acids is 1. The fourth-order valence-electron chi connectivity index (χ4n) is 1.34. The van der Waals surface area contributed by atoms with Crippen molar-refractivity contribution in [2.45, 2.75) is 6.92 Å². The minimum absolute atomic E-state index is 0.0328. The first-order valence-corrected chi connectivity index (χ1v) is 5.85. The van der Waals surface area contributed by atoms with Crippen molar-refractivity contribution >= 4 is 21.9 Å². The van der Waals surface area contributed by atoms with Crippen molar-refractivity contribution in [1.29, 1.82) is 0 Å². The molecule has 0 aliphatic carbocycles. The molecule has 18 heavy (non-hydrogen) atoms. The van der Waals surface area contributed by atoms with Gasteiger partial charge in [0.25, 0.3) is 5.88 Å². The summed E-state index contributed by atoms with van der Waals surface area (Å²) in [6, 6.07) is 5.46. The van der Waals surface area contributed by atoms with Gasteiger partial charge in [0.2, 0.25) is 5.69 Å². The van der Waals surface area contributed by atoms with Crippen LogP contribution in [0.15, 0.2) is 35.1 Å². The van der Waals surface area contributed by atoms with Gasteiger partial charge in [0.1, 0.15) is 5.75 Å².